The van der Waals surface area contributed by atoms with Crippen molar-refractivity contribution in [1.82, 2.24) is 5.32 Å². The molecule has 1 rings (SSSR count). The molecule has 0 radical (unpaired) electrons. The number of carbonyl (C=O) groups excluding carboxylic acids is 1. The summed E-state index contributed by atoms with van der Waals surface area (Å²) >= 11 is 3.24. The Kier molecular flexibility index (Phi) is 4.86. The maximum absolute atomic E-state index is 13.2. The minimum Gasteiger partial charge on any atom is -0.349 e. The summed E-state index contributed by atoms with van der Waals surface area (Å²) in [4.78, 5) is 11.6. The van der Waals surface area contributed by atoms with Crippen LogP contribution in [0.2, 0.25) is 0 Å². The lowest BCUT2D eigenvalue weighted by Gasteiger charge is -2.12. The fraction of sp³-hybridized carbons (Fsp3) is 0.364. The Morgan fingerprint density at radius 3 is 2.81 bits per heavy atom. The third kappa shape index (κ3) is 3.27. The smallest absolute Gasteiger partial charge is 0.254 e. The van der Waals surface area contributed by atoms with Crippen molar-refractivity contribution in [3.8, 4) is 0 Å². The van der Waals surface area contributed by atoms with Crippen molar-refractivity contribution in [2.24, 2.45) is 0 Å². The second-order valence-corrected chi connectivity index (χ2v) is 4.25. The van der Waals surface area contributed by atoms with Gasteiger partial charge in [0.05, 0.1) is 5.56 Å². The van der Waals surface area contributed by atoms with Gasteiger partial charge in [-0.2, -0.15) is 0 Å². The minimum atomic E-state index is -1.11. The number of amides is 1. The molecule has 1 N–H and O–H groups in total. The van der Waals surface area contributed by atoms with Crippen LogP contribution in [0.15, 0.2) is 18.2 Å². The zero-order chi connectivity index (χ0) is 12.1. The van der Waals surface area contributed by atoms with Crippen molar-refractivity contribution in [3.63, 3.8) is 0 Å². The highest BCUT2D eigenvalue weighted by Gasteiger charge is 2.16. The molecule has 1 amide bonds. The van der Waals surface area contributed by atoms with Gasteiger partial charge in [0, 0.05) is 11.4 Å². The number of benzene rings is 1. The predicted octanol–water partition coefficient (Wildman–Crippen LogP) is 2.87. The summed E-state index contributed by atoms with van der Waals surface area (Å²) in [5, 5.41) is 3.33. The molecule has 0 saturated heterocycles. The summed E-state index contributed by atoms with van der Waals surface area (Å²) < 4.78 is 26.1. The van der Waals surface area contributed by atoms with E-state index in [0.29, 0.717) is 0 Å². The van der Waals surface area contributed by atoms with Gasteiger partial charge < -0.3 is 5.32 Å². The van der Waals surface area contributed by atoms with Crippen molar-refractivity contribution < 1.29 is 13.6 Å². The van der Waals surface area contributed by atoms with Crippen LogP contribution in [0, 0.1) is 11.6 Å². The normalized spacial score (nSPS) is 12.2. The van der Waals surface area contributed by atoms with E-state index in [2.05, 4.69) is 21.2 Å². The zero-order valence-corrected chi connectivity index (χ0v) is 10.4. The quantitative estimate of drug-likeness (QED) is 0.849. The monoisotopic (exact) mass is 291 g/mol. The third-order valence-corrected chi connectivity index (χ3v) is 2.57. The van der Waals surface area contributed by atoms with E-state index in [1.54, 1.807) is 6.92 Å². The van der Waals surface area contributed by atoms with Crippen LogP contribution in [-0.2, 0) is 0 Å². The lowest BCUT2D eigenvalue weighted by atomic mass is 10.1. The summed E-state index contributed by atoms with van der Waals surface area (Å²) in [6, 6.07) is 3.46. The molecule has 0 saturated carbocycles. The van der Waals surface area contributed by atoms with E-state index in [-0.39, 0.29) is 11.6 Å². The van der Waals surface area contributed by atoms with E-state index < -0.39 is 17.5 Å². The molecule has 1 aromatic rings. The van der Waals surface area contributed by atoms with Gasteiger partial charge in [-0.05, 0) is 25.5 Å². The lowest BCUT2D eigenvalue weighted by Crippen LogP contribution is -2.33. The summed E-state index contributed by atoms with van der Waals surface area (Å²) in [5.74, 6) is -2.71. The van der Waals surface area contributed by atoms with Crippen molar-refractivity contribution in [2.75, 3.05) is 5.33 Å². The molecule has 5 heteroatoms. The Morgan fingerprint density at radius 1 is 1.50 bits per heavy atom. The maximum atomic E-state index is 13.2. The second-order valence-electron chi connectivity index (χ2n) is 3.45. The third-order valence-electron chi connectivity index (χ3n) is 2.12. The second kappa shape index (κ2) is 5.94. The zero-order valence-electron chi connectivity index (χ0n) is 8.77. The number of rotatable bonds is 4. The molecule has 0 aliphatic heterocycles. The largest absolute Gasteiger partial charge is 0.349 e. The molecule has 1 aromatic carbocycles. The van der Waals surface area contributed by atoms with Crippen LogP contribution in [0.3, 0.4) is 0 Å². The first-order chi connectivity index (χ1) is 7.56. The molecule has 0 aromatic heterocycles. The first kappa shape index (κ1) is 13.1. The Morgan fingerprint density at radius 2 is 2.19 bits per heavy atom. The summed E-state index contributed by atoms with van der Waals surface area (Å²) in [5.41, 5.74) is -0.263. The van der Waals surface area contributed by atoms with E-state index >= 15 is 0 Å². The number of alkyl halides is 1. The van der Waals surface area contributed by atoms with Gasteiger partial charge in [-0.3, -0.25) is 4.79 Å². The van der Waals surface area contributed by atoms with Crippen molar-refractivity contribution >= 4 is 21.8 Å². The highest BCUT2D eigenvalue weighted by atomic mass is 79.9. The lowest BCUT2D eigenvalue weighted by molar-refractivity contribution is 0.0934. The minimum absolute atomic E-state index is 0.0884. The van der Waals surface area contributed by atoms with Crippen LogP contribution in [-0.4, -0.2) is 17.3 Å². The van der Waals surface area contributed by atoms with Crippen molar-refractivity contribution in [2.45, 2.75) is 19.4 Å². The molecule has 1 atom stereocenters. The molecule has 0 heterocycles. The topological polar surface area (TPSA) is 29.1 Å². The van der Waals surface area contributed by atoms with Gasteiger partial charge in [0.1, 0.15) is 0 Å². The summed E-state index contributed by atoms with van der Waals surface area (Å²) in [6.07, 6.45) is 0.725. The molecule has 2 nitrogen and oxygen atoms in total. The SMILES string of the molecule is CC(CCBr)NC(=O)c1cccc(F)c1F. The molecular weight excluding hydrogens is 280 g/mol. The van der Waals surface area contributed by atoms with Crippen LogP contribution >= 0.6 is 15.9 Å². The van der Waals surface area contributed by atoms with Crippen molar-refractivity contribution in [1.29, 1.82) is 0 Å². The highest BCUT2D eigenvalue weighted by Crippen LogP contribution is 2.11. The Bertz CT molecular complexity index is 384. The van der Waals surface area contributed by atoms with Gasteiger partial charge in [-0.1, -0.05) is 22.0 Å². The Balaban J connectivity index is 2.77. The maximum Gasteiger partial charge on any atom is 0.254 e. The van der Waals surface area contributed by atoms with Crippen LogP contribution in [0.4, 0.5) is 8.78 Å². The van der Waals surface area contributed by atoms with Crippen LogP contribution in [0.25, 0.3) is 0 Å². The van der Waals surface area contributed by atoms with Gasteiger partial charge in [-0.25, -0.2) is 8.78 Å². The first-order valence-electron chi connectivity index (χ1n) is 4.87. The summed E-state index contributed by atoms with van der Waals surface area (Å²) in [7, 11) is 0. The summed E-state index contributed by atoms with van der Waals surface area (Å²) in [6.45, 7) is 1.80. The molecular formula is C11H12BrF2NO. The molecule has 0 fully saturated rings. The van der Waals surface area contributed by atoms with Gasteiger partial charge in [0.2, 0.25) is 0 Å². The molecule has 88 valence electrons. The van der Waals surface area contributed by atoms with E-state index in [0.717, 1.165) is 17.8 Å². The molecule has 0 aliphatic carbocycles. The van der Waals surface area contributed by atoms with E-state index in [1.807, 2.05) is 0 Å². The van der Waals surface area contributed by atoms with Crippen molar-refractivity contribution in [3.05, 3.63) is 35.4 Å². The highest BCUT2D eigenvalue weighted by molar-refractivity contribution is 9.09. The number of carbonyl (C=O) groups is 1. The average Bonchev–Trinajstić information content (AvgIpc) is 2.22. The van der Waals surface area contributed by atoms with Crippen LogP contribution in [0.5, 0.6) is 0 Å². The molecule has 1 unspecified atom stereocenters. The standard InChI is InChI=1S/C11H12BrF2NO/c1-7(5-6-12)15-11(16)8-3-2-4-9(13)10(8)14/h2-4,7H,5-6H2,1H3,(H,15,16). The van der Waals surface area contributed by atoms with Gasteiger partial charge in [0.15, 0.2) is 11.6 Å². The van der Waals surface area contributed by atoms with Gasteiger partial charge in [0.25, 0.3) is 5.91 Å². The fourth-order valence-corrected chi connectivity index (χ4v) is 1.90. The fourth-order valence-electron chi connectivity index (χ4n) is 1.22. The number of hydrogen-bond acceptors (Lipinski definition) is 1. The molecule has 16 heavy (non-hydrogen) atoms. The Labute approximate surface area is 101 Å². The van der Waals surface area contributed by atoms with E-state index in [1.165, 1.54) is 12.1 Å². The number of halogens is 3. The first-order valence-corrected chi connectivity index (χ1v) is 5.99. The Hall–Kier alpha value is -0.970. The van der Waals surface area contributed by atoms with E-state index in [4.69, 9.17) is 0 Å². The average molecular weight is 292 g/mol. The predicted molar refractivity (Wildman–Crippen MR) is 61.7 cm³/mol. The number of hydrogen-bond donors (Lipinski definition) is 1. The van der Waals surface area contributed by atoms with Gasteiger partial charge >= 0.3 is 0 Å². The van der Waals surface area contributed by atoms with Gasteiger partial charge in [-0.15, -0.1) is 0 Å². The number of nitrogens with one attached hydrogen (secondary N) is 1. The van der Waals surface area contributed by atoms with E-state index in [9.17, 15) is 13.6 Å². The molecule has 0 bridgehead atoms. The molecule has 0 aliphatic rings. The molecule has 0 spiro atoms. The van der Waals surface area contributed by atoms with Crippen LogP contribution < -0.4 is 5.32 Å². The van der Waals surface area contributed by atoms with Crippen LogP contribution in [0.1, 0.15) is 23.7 Å².